The van der Waals surface area contributed by atoms with Crippen LogP contribution in [-0.2, 0) is 6.42 Å². The lowest BCUT2D eigenvalue weighted by atomic mass is 10.1. The van der Waals surface area contributed by atoms with Crippen LogP contribution in [0.5, 0.6) is 0 Å². The summed E-state index contributed by atoms with van der Waals surface area (Å²) in [5, 5.41) is 0. The number of nitrogens with zero attached hydrogens (tertiary/aromatic N) is 1. The van der Waals surface area contributed by atoms with Gasteiger partial charge in [0.15, 0.2) is 0 Å². The van der Waals surface area contributed by atoms with Crippen molar-refractivity contribution in [1.29, 1.82) is 0 Å². The fraction of sp³-hybridized carbons (Fsp3) is 0.556. The maximum absolute atomic E-state index is 11.3. The minimum Gasteiger partial charge on any atom is -0.310 e. The summed E-state index contributed by atoms with van der Waals surface area (Å²) >= 11 is 2.01. The molecular formula is C9H13IN2O. The van der Waals surface area contributed by atoms with Crippen LogP contribution in [0.4, 0.5) is 0 Å². The van der Waals surface area contributed by atoms with Crippen LogP contribution in [0.15, 0.2) is 4.79 Å². The molecule has 1 N–H and O–H groups in total. The van der Waals surface area contributed by atoms with Gasteiger partial charge in [-0.25, -0.2) is 4.98 Å². The first kappa shape index (κ1) is 10.7. The van der Waals surface area contributed by atoms with Crippen molar-refractivity contribution in [2.75, 3.05) is 0 Å². The Hall–Kier alpha value is -0.390. The average Bonchev–Trinajstić information content (AvgIpc) is 1.98. The maximum Gasteiger partial charge on any atom is 0.264 e. The highest BCUT2D eigenvalue weighted by Gasteiger charge is 2.05. The molecule has 1 aromatic rings. The van der Waals surface area contributed by atoms with E-state index in [2.05, 4.69) is 23.8 Å². The summed E-state index contributed by atoms with van der Waals surface area (Å²) in [6.45, 7) is 6.07. The van der Waals surface area contributed by atoms with Crippen LogP contribution in [0.1, 0.15) is 25.4 Å². The first-order valence-corrected chi connectivity index (χ1v) is 5.34. The van der Waals surface area contributed by atoms with E-state index >= 15 is 0 Å². The molecule has 13 heavy (non-hydrogen) atoms. The molecule has 1 heterocycles. The molecule has 72 valence electrons. The van der Waals surface area contributed by atoms with Gasteiger partial charge in [0.25, 0.3) is 5.56 Å². The zero-order valence-corrected chi connectivity index (χ0v) is 10.2. The van der Waals surface area contributed by atoms with Gasteiger partial charge in [0.2, 0.25) is 0 Å². The Morgan fingerprint density at radius 3 is 2.62 bits per heavy atom. The molecule has 3 nitrogen and oxygen atoms in total. The van der Waals surface area contributed by atoms with E-state index in [0.29, 0.717) is 9.49 Å². The number of aromatic nitrogens is 2. The van der Waals surface area contributed by atoms with Crippen LogP contribution in [0.2, 0.25) is 0 Å². The van der Waals surface area contributed by atoms with E-state index in [0.717, 1.165) is 17.9 Å². The van der Waals surface area contributed by atoms with Gasteiger partial charge in [-0.2, -0.15) is 0 Å². The third kappa shape index (κ3) is 2.79. The lowest BCUT2D eigenvalue weighted by Gasteiger charge is -2.05. The van der Waals surface area contributed by atoms with Crippen molar-refractivity contribution in [1.82, 2.24) is 9.97 Å². The van der Waals surface area contributed by atoms with Gasteiger partial charge in [0.05, 0.1) is 9.26 Å². The fourth-order valence-electron chi connectivity index (χ4n) is 1.11. The number of halogens is 1. The molecule has 1 rings (SSSR count). The molecule has 0 unspecified atom stereocenters. The Kier molecular flexibility index (Phi) is 3.47. The lowest BCUT2D eigenvalue weighted by Crippen LogP contribution is -2.17. The first-order valence-electron chi connectivity index (χ1n) is 4.26. The number of rotatable bonds is 2. The van der Waals surface area contributed by atoms with Gasteiger partial charge in [0, 0.05) is 6.42 Å². The second-order valence-corrected chi connectivity index (χ2v) is 4.59. The number of nitrogens with one attached hydrogen (secondary N) is 1. The molecule has 0 radical (unpaired) electrons. The predicted octanol–water partition coefficient (Wildman–Crippen LogP) is 1.88. The Balaban J connectivity index is 3.06. The van der Waals surface area contributed by atoms with Crippen LogP contribution >= 0.6 is 22.6 Å². The van der Waals surface area contributed by atoms with Crippen LogP contribution in [0.3, 0.4) is 0 Å². The molecule has 0 spiro atoms. The van der Waals surface area contributed by atoms with Gasteiger partial charge in [-0.05, 0) is 35.4 Å². The highest BCUT2D eigenvalue weighted by molar-refractivity contribution is 14.1. The van der Waals surface area contributed by atoms with Crippen LogP contribution in [0, 0.1) is 16.4 Å². The zero-order chi connectivity index (χ0) is 10.0. The average molecular weight is 292 g/mol. The number of hydrogen-bond acceptors (Lipinski definition) is 2. The number of H-pyrrole nitrogens is 1. The van der Waals surface area contributed by atoms with Crippen molar-refractivity contribution < 1.29 is 0 Å². The lowest BCUT2D eigenvalue weighted by molar-refractivity contribution is 0.616. The third-order valence-electron chi connectivity index (χ3n) is 1.68. The van der Waals surface area contributed by atoms with Crippen molar-refractivity contribution in [2.24, 2.45) is 5.92 Å². The van der Waals surface area contributed by atoms with E-state index in [1.807, 2.05) is 29.5 Å². The maximum atomic E-state index is 11.3. The topological polar surface area (TPSA) is 45.8 Å². The summed E-state index contributed by atoms with van der Waals surface area (Å²) in [5.41, 5.74) is 0.795. The Bertz CT molecular complexity index is 357. The SMILES string of the molecule is Cc1nc(CC(C)C)[nH]c(=O)c1I. The Morgan fingerprint density at radius 2 is 2.15 bits per heavy atom. The zero-order valence-electron chi connectivity index (χ0n) is 8.02. The van der Waals surface area contributed by atoms with Crippen LogP contribution in [0.25, 0.3) is 0 Å². The summed E-state index contributed by atoms with van der Waals surface area (Å²) in [6, 6.07) is 0. The molecule has 0 fully saturated rings. The van der Waals surface area contributed by atoms with Crippen LogP contribution < -0.4 is 5.56 Å². The molecular weight excluding hydrogens is 279 g/mol. The van der Waals surface area contributed by atoms with Gasteiger partial charge in [-0.1, -0.05) is 13.8 Å². The molecule has 0 aliphatic carbocycles. The monoisotopic (exact) mass is 292 g/mol. The van der Waals surface area contributed by atoms with Crippen molar-refractivity contribution in [2.45, 2.75) is 27.2 Å². The highest BCUT2D eigenvalue weighted by atomic mass is 127. The van der Waals surface area contributed by atoms with Crippen molar-refractivity contribution >= 4 is 22.6 Å². The van der Waals surface area contributed by atoms with E-state index in [-0.39, 0.29) is 5.56 Å². The normalized spacial score (nSPS) is 10.8. The molecule has 0 aromatic carbocycles. The second kappa shape index (κ2) is 4.21. The molecule has 0 atom stereocenters. The van der Waals surface area contributed by atoms with Crippen molar-refractivity contribution in [3.05, 3.63) is 25.4 Å². The highest BCUT2D eigenvalue weighted by Crippen LogP contribution is 2.05. The summed E-state index contributed by atoms with van der Waals surface area (Å²) in [4.78, 5) is 18.4. The van der Waals surface area contributed by atoms with Crippen LogP contribution in [-0.4, -0.2) is 9.97 Å². The molecule has 0 amide bonds. The molecule has 0 aliphatic rings. The number of aromatic amines is 1. The van der Waals surface area contributed by atoms with E-state index in [4.69, 9.17) is 0 Å². The molecule has 0 saturated carbocycles. The van der Waals surface area contributed by atoms with E-state index in [1.165, 1.54) is 0 Å². The molecule has 0 bridgehead atoms. The van der Waals surface area contributed by atoms with Gasteiger partial charge in [-0.15, -0.1) is 0 Å². The van der Waals surface area contributed by atoms with Crippen molar-refractivity contribution in [3.63, 3.8) is 0 Å². The molecule has 0 saturated heterocycles. The van der Waals surface area contributed by atoms with E-state index < -0.39 is 0 Å². The van der Waals surface area contributed by atoms with Gasteiger partial charge in [-0.3, -0.25) is 4.79 Å². The van der Waals surface area contributed by atoms with E-state index in [1.54, 1.807) is 0 Å². The summed E-state index contributed by atoms with van der Waals surface area (Å²) in [7, 11) is 0. The van der Waals surface area contributed by atoms with Crippen molar-refractivity contribution in [3.8, 4) is 0 Å². The minimum atomic E-state index is -0.0243. The van der Waals surface area contributed by atoms with E-state index in [9.17, 15) is 4.79 Å². The fourth-order valence-corrected chi connectivity index (χ4v) is 1.37. The minimum absolute atomic E-state index is 0.0243. The smallest absolute Gasteiger partial charge is 0.264 e. The predicted molar refractivity (Wildman–Crippen MR) is 60.9 cm³/mol. The number of hydrogen-bond donors (Lipinski definition) is 1. The number of aryl methyl sites for hydroxylation is 1. The van der Waals surface area contributed by atoms with Gasteiger partial charge >= 0.3 is 0 Å². The standard InChI is InChI=1S/C9H13IN2O/c1-5(2)4-7-11-6(3)8(10)9(13)12-7/h5H,4H2,1-3H3,(H,11,12,13). The summed E-state index contributed by atoms with van der Waals surface area (Å²) in [5.74, 6) is 1.31. The summed E-state index contributed by atoms with van der Waals surface area (Å²) < 4.78 is 0.685. The first-order chi connectivity index (χ1) is 6.00. The second-order valence-electron chi connectivity index (χ2n) is 3.51. The Morgan fingerprint density at radius 1 is 1.54 bits per heavy atom. The molecule has 1 aromatic heterocycles. The molecule has 0 aliphatic heterocycles. The summed E-state index contributed by atoms with van der Waals surface area (Å²) in [6.07, 6.45) is 0.826. The van der Waals surface area contributed by atoms with Gasteiger partial charge < -0.3 is 4.98 Å². The third-order valence-corrected chi connectivity index (χ3v) is 2.95. The molecule has 4 heteroatoms. The Labute approximate surface area is 91.1 Å². The van der Waals surface area contributed by atoms with Gasteiger partial charge in [0.1, 0.15) is 5.82 Å². The quantitative estimate of drug-likeness (QED) is 0.846. The largest absolute Gasteiger partial charge is 0.310 e.